The minimum atomic E-state index is -5.05. The molecule has 0 aromatic rings. The molecule has 0 aromatic heterocycles. The molecule has 76 heavy (non-hydrogen) atoms. The predicted molar refractivity (Wildman–Crippen MR) is 277 cm³/mol. The number of ether oxygens (including phenoxy) is 1. The van der Waals surface area contributed by atoms with Gasteiger partial charge in [0.05, 0.1) is 25.3 Å². The number of nitrogens with one attached hydrogen (secondary N) is 7. The number of hydrogen-bond acceptors (Lipinski definition) is 17. The van der Waals surface area contributed by atoms with Crippen molar-refractivity contribution in [2.24, 2.45) is 29.2 Å². The van der Waals surface area contributed by atoms with E-state index in [2.05, 4.69) is 51.1 Å². The van der Waals surface area contributed by atoms with Crippen molar-refractivity contribution < 1.29 is 75.6 Å². The Hall–Kier alpha value is -5.90. The molecule has 1 aliphatic heterocycles. The van der Waals surface area contributed by atoms with Gasteiger partial charge >= 0.3 is 5.97 Å². The van der Waals surface area contributed by atoms with E-state index in [1.54, 1.807) is 13.8 Å². The van der Waals surface area contributed by atoms with Crippen LogP contribution in [0, 0.1) is 17.8 Å². The standard InChI is InChI=1S/C49H84N10O16S/c1-8-30(5)18-14-12-10-11-13-15-19-32(61)22-40(63)54-38(28-76(72,73)74)47(69)58-43-31(6)75-42(65)26-59(7)49(71)35(20-16-17-21-50)56-46(68)37(27-60)57-44(66)33(29(3)4)23-39(62)34(9-2)55-45(67)36(24-51)53-41(64)25-52-48(43)70/h9,29-31,33,35-38,43,60H,8,10-28,50-51H2,1-7H3,(H,52,70)(H,53,64)(H,54,63)(H,55,67)(H,56,68)(H,57,66)(H,58,69)(H,72,73,74). The van der Waals surface area contributed by atoms with Crippen molar-refractivity contribution in [3.8, 4) is 0 Å². The second kappa shape index (κ2) is 35.4. The number of carbonyl (C=O) groups excluding carboxylic acids is 11. The van der Waals surface area contributed by atoms with Crippen LogP contribution >= 0.6 is 0 Å². The van der Waals surface area contributed by atoms with Gasteiger partial charge in [0.15, 0.2) is 5.78 Å². The third kappa shape index (κ3) is 26.2. The number of rotatable bonds is 24. The zero-order valence-electron chi connectivity index (χ0n) is 45.0. The van der Waals surface area contributed by atoms with Gasteiger partial charge in [-0.25, -0.2) is 0 Å². The van der Waals surface area contributed by atoms with Gasteiger partial charge < -0.3 is 63.4 Å². The molecule has 0 radical (unpaired) electrons. The molecule has 0 saturated carbocycles. The van der Waals surface area contributed by atoms with Crippen LogP contribution in [0.3, 0.4) is 0 Å². The van der Waals surface area contributed by atoms with Crippen molar-refractivity contribution in [1.82, 2.24) is 42.1 Å². The average Bonchev–Trinajstić information content (AvgIpc) is 3.35. The molecule has 8 amide bonds. The number of nitrogens with two attached hydrogens (primary N) is 2. The molecule has 1 saturated heterocycles. The Labute approximate surface area is 445 Å². The van der Waals surface area contributed by atoms with Crippen LogP contribution in [0.15, 0.2) is 11.8 Å². The largest absolute Gasteiger partial charge is 0.459 e. The molecule has 27 heteroatoms. The molecule has 1 fully saturated rings. The Kier molecular flexibility index (Phi) is 31.8. The van der Waals surface area contributed by atoms with Crippen molar-refractivity contribution in [3.05, 3.63) is 11.8 Å². The summed E-state index contributed by atoms with van der Waals surface area (Å²) in [6.07, 6.45) is 6.42. The number of Topliss-reactive ketones (excluding diaryl/α,β-unsaturated/α-hetero) is 2. The molecule has 1 rings (SSSR count). The summed E-state index contributed by atoms with van der Waals surface area (Å²) in [5.74, 6) is -13.4. The summed E-state index contributed by atoms with van der Waals surface area (Å²) in [5, 5.41) is 26.2. The number of allylic oxidation sites excluding steroid dienone is 2. The highest BCUT2D eigenvalue weighted by atomic mass is 32.2. The molecule has 0 bridgehead atoms. The zero-order valence-corrected chi connectivity index (χ0v) is 45.9. The lowest BCUT2D eigenvalue weighted by Crippen LogP contribution is -2.60. The number of hydrogen-bond donors (Lipinski definition) is 11. The molecule has 432 valence electrons. The number of ketones is 2. The fraction of sp³-hybridized carbons (Fsp3) is 0.735. The van der Waals surface area contributed by atoms with Gasteiger partial charge in [-0.05, 0) is 57.9 Å². The third-order valence-electron chi connectivity index (χ3n) is 12.7. The minimum Gasteiger partial charge on any atom is -0.459 e. The minimum absolute atomic E-state index is 0.0222. The van der Waals surface area contributed by atoms with E-state index in [0.29, 0.717) is 18.8 Å². The lowest BCUT2D eigenvalue weighted by atomic mass is 9.88. The fourth-order valence-corrected chi connectivity index (χ4v) is 8.50. The molecule has 13 N–H and O–H groups in total. The van der Waals surface area contributed by atoms with E-state index in [-0.39, 0.29) is 31.5 Å². The van der Waals surface area contributed by atoms with Crippen LogP contribution in [0.2, 0.25) is 0 Å². The van der Waals surface area contributed by atoms with Crippen LogP contribution in [0.4, 0.5) is 0 Å². The normalized spacial score (nSPS) is 22.9. The highest BCUT2D eigenvalue weighted by Crippen LogP contribution is 2.19. The second-order valence-corrected chi connectivity index (χ2v) is 21.0. The Balaban J connectivity index is 3.58. The summed E-state index contributed by atoms with van der Waals surface area (Å²) >= 11 is 0. The van der Waals surface area contributed by atoms with Crippen molar-refractivity contribution in [1.29, 1.82) is 0 Å². The predicted octanol–water partition coefficient (Wildman–Crippen LogP) is -1.72. The molecule has 1 aliphatic rings. The van der Waals surface area contributed by atoms with E-state index < -0.39 is 168 Å². The highest BCUT2D eigenvalue weighted by Gasteiger charge is 2.37. The molecule has 8 atom stereocenters. The van der Waals surface area contributed by atoms with E-state index in [1.807, 2.05) is 0 Å². The summed E-state index contributed by atoms with van der Waals surface area (Å²) in [6.45, 7) is 7.01. The number of esters is 1. The average molecular weight is 1100 g/mol. The third-order valence-corrected chi connectivity index (χ3v) is 13.4. The maximum absolute atomic E-state index is 13.9. The number of likely N-dealkylation sites (N-methyl/N-ethyl adjacent to an activating group) is 1. The van der Waals surface area contributed by atoms with Crippen molar-refractivity contribution in [2.45, 2.75) is 168 Å². The molecule has 0 aliphatic carbocycles. The van der Waals surface area contributed by atoms with Gasteiger partial charge in [-0.1, -0.05) is 78.7 Å². The summed E-state index contributed by atoms with van der Waals surface area (Å²) < 4.78 is 39.4. The van der Waals surface area contributed by atoms with Crippen molar-refractivity contribution >= 4 is 74.9 Å². The van der Waals surface area contributed by atoms with Crippen LogP contribution in [-0.4, -0.2) is 170 Å². The number of carbonyl (C=O) groups is 11. The number of aliphatic hydroxyl groups is 1. The van der Waals surface area contributed by atoms with Gasteiger partial charge in [0, 0.05) is 32.4 Å². The molecule has 8 unspecified atom stereocenters. The zero-order chi connectivity index (χ0) is 57.7. The summed E-state index contributed by atoms with van der Waals surface area (Å²) in [6, 6.07) is -8.71. The molecule has 0 aromatic carbocycles. The first-order valence-corrected chi connectivity index (χ1v) is 27.5. The number of aliphatic hydroxyl groups excluding tert-OH is 1. The van der Waals surface area contributed by atoms with E-state index in [9.17, 15) is 70.8 Å². The van der Waals surface area contributed by atoms with Crippen LogP contribution < -0.4 is 48.7 Å². The van der Waals surface area contributed by atoms with Crippen molar-refractivity contribution in [2.75, 3.05) is 45.6 Å². The van der Waals surface area contributed by atoms with Crippen molar-refractivity contribution in [3.63, 3.8) is 0 Å². The molecule has 1 heterocycles. The SMILES string of the molecule is CC=C1NC(=O)C(CN)NC(=O)CNC(=O)C(NC(=O)C(CS(=O)(=O)O)NC(=O)CC(=O)CCCCCCCCC(C)CC)C(C)OC(=O)CN(C)C(=O)C(CCCCN)NC(=O)C(CO)NC(=O)C(C(C)C)CC1=O. The topological polar surface area (TPSA) is 411 Å². The van der Waals surface area contributed by atoms with E-state index in [1.165, 1.54) is 20.0 Å². The summed E-state index contributed by atoms with van der Waals surface area (Å²) in [4.78, 5) is 149. The highest BCUT2D eigenvalue weighted by molar-refractivity contribution is 7.85. The van der Waals surface area contributed by atoms with Gasteiger partial charge in [-0.15, -0.1) is 0 Å². The second-order valence-electron chi connectivity index (χ2n) is 19.5. The molecule has 26 nitrogen and oxygen atoms in total. The smallest absolute Gasteiger partial charge is 0.325 e. The maximum atomic E-state index is 13.9. The number of amides is 8. The summed E-state index contributed by atoms with van der Waals surface area (Å²) in [7, 11) is -3.89. The Morgan fingerprint density at radius 3 is 2.07 bits per heavy atom. The molecule has 0 spiro atoms. The number of nitrogens with zero attached hydrogens (tertiary/aromatic N) is 1. The maximum Gasteiger partial charge on any atom is 0.325 e. The van der Waals surface area contributed by atoms with E-state index >= 15 is 0 Å². The first kappa shape index (κ1) is 68.1. The van der Waals surface area contributed by atoms with Gasteiger partial charge in [0.2, 0.25) is 47.3 Å². The Morgan fingerprint density at radius 2 is 1.49 bits per heavy atom. The Morgan fingerprint density at radius 1 is 0.855 bits per heavy atom. The van der Waals surface area contributed by atoms with Gasteiger partial charge in [-0.2, -0.15) is 8.42 Å². The van der Waals surface area contributed by atoms with Crippen LogP contribution in [0.5, 0.6) is 0 Å². The quantitative estimate of drug-likeness (QED) is 0.0168. The van der Waals surface area contributed by atoms with Gasteiger partial charge in [0.1, 0.15) is 54.4 Å². The van der Waals surface area contributed by atoms with Gasteiger partial charge in [-0.3, -0.25) is 57.3 Å². The fourth-order valence-electron chi connectivity index (χ4n) is 7.85. The van der Waals surface area contributed by atoms with Crippen LogP contribution in [0.1, 0.15) is 131 Å². The lowest BCUT2D eigenvalue weighted by molar-refractivity contribution is -0.156. The van der Waals surface area contributed by atoms with E-state index in [0.717, 1.165) is 56.8 Å². The number of cyclic esters (lactones) is 1. The Bertz CT molecular complexity index is 2140. The van der Waals surface area contributed by atoms with E-state index in [4.69, 9.17) is 16.2 Å². The van der Waals surface area contributed by atoms with Gasteiger partial charge in [0.25, 0.3) is 10.1 Å². The monoisotopic (exact) mass is 1100 g/mol. The summed E-state index contributed by atoms with van der Waals surface area (Å²) in [5.41, 5.74) is 11.1. The first-order valence-electron chi connectivity index (χ1n) is 25.9. The molecular formula is C49H84N10O16S. The van der Waals surface area contributed by atoms with Crippen LogP contribution in [0.25, 0.3) is 0 Å². The molecular weight excluding hydrogens is 1020 g/mol. The number of unbranched alkanes of at least 4 members (excludes halogenated alkanes) is 6. The lowest BCUT2D eigenvalue weighted by Gasteiger charge is -2.28. The first-order chi connectivity index (χ1) is 35.7. The van der Waals surface area contributed by atoms with Crippen LogP contribution in [-0.2, 0) is 67.6 Å².